The lowest BCUT2D eigenvalue weighted by Gasteiger charge is -2.32. The average Bonchev–Trinajstić information content (AvgIpc) is 2.70. The molecule has 1 aromatic rings. The number of aliphatic hydroxyl groups excluding tert-OH is 1. The number of benzene rings is 1. The molecular formula is C21H29N3O5. The van der Waals surface area contributed by atoms with Crippen molar-refractivity contribution < 1.29 is 25.0 Å². The molecule has 2 rings (SSSR count). The van der Waals surface area contributed by atoms with E-state index in [9.17, 15) is 19.8 Å². The van der Waals surface area contributed by atoms with E-state index in [1.165, 1.54) is 5.48 Å². The Kier molecular flexibility index (Phi) is 7.38. The Bertz CT molecular complexity index is 781. The summed E-state index contributed by atoms with van der Waals surface area (Å²) in [4.78, 5) is 24.2. The first-order valence-electron chi connectivity index (χ1n) is 9.56. The molecule has 1 aromatic carbocycles. The Morgan fingerprint density at radius 3 is 2.34 bits per heavy atom. The number of aliphatic hydroxyl groups is 2. The van der Waals surface area contributed by atoms with Crippen molar-refractivity contribution in [2.45, 2.75) is 56.7 Å². The van der Waals surface area contributed by atoms with Crippen molar-refractivity contribution in [2.24, 2.45) is 11.7 Å². The molecule has 1 atom stereocenters. The monoisotopic (exact) mass is 403 g/mol. The Labute approximate surface area is 170 Å². The first-order chi connectivity index (χ1) is 13.6. The summed E-state index contributed by atoms with van der Waals surface area (Å²) >= 11 is 0. The second-order valence-electron chi connectivity index (χ2n) is 8.21. The summed E-state index contributed by atoms with van der Waals surface area (Å²) in [6, 6.07) is 5.51. The van der Waals surface area contributed by atoms with Crippen LogP contribution in [0.2, 0.25) is 0 Å². The van der Waals surface area contributed by atoms with Crippen LogP contribution in [0.3, 0.4) is 0 Å². The van der Waals surface area contributed by atoms with Gasteiger partial charge in [0.15, 0.2) is 0 Å². The summed E-state index contributed by atoms with van der Waals surface area (Å²) < 4.78 is 0. The van der Waals surface area contributed by atoms with Crippen LogP contribution in [-0.4, -0.2) is 51.0 Å². The van der Waals surface area contributed by atoms with Crippen molar-refractivity contribution in [3.8, 4) is 11.8 Å². The molecule has 1 aliphatic rings. The molecule has 8 heteroatoms. The largest absolute Gasteiger partial charge is 0.393 e. The summed E-state index contributed by atoms with van der Waals surface area (Å²) in [5.74, 6) is 5.13. The average molecular weight is 403 g/mol. The molecule has 0 heterocycles. The summed E-state index contributed by atoms with van der Waals surface area (Å²) in [5.41, 5.74) is 6.45. The van der Waals surface area contributed by atoms with Crippen LogP contribution < -0.4 is 16.5 Å². The smallest absolute Gasteiger partial charge is 0.267 e. The number of hydrogen-bond acceptors (Lipinski definition) is 6. The van der Waals surface area contributed by atoms with Crippen molar-refractivity contribution in [1.29, 1.82) is 0 Å². The third-order valence-corrected chi connectivity index (χ3v) is 5.17. The second kappa shape index (κ2) is 9.37. The van der Waals surface area contributed by atoms with E-state index in [0.717, 1.165) is 18.4 Å². The lowest BCUT2D eigenvalue weighted by molar-refractivity contribution is -0.132. The van der Waals surface area contributed by atoms with Gasteiger partial charge in [0.05, 0.1) is 12.2 Å². The molecule has 8 nitrogen and oxygen atoms in total. The van der Waals surface area contributed by atoms with E-state index in [4.69, 9.17) is 10.9 Å². The van der Waals surface area contributed by atoms with Crippen LogP contribution >= 0.6 is 0 Å². The fourth-order valence-corrected chi connectivity index (χ4v) is 3.22. The Morgan fingerprint density at radius 1 is 1.28 bits per heavy atom. The fourth-order valence-electron chi connectivity index (χ4n) is 3.22. The molecule has 158 valence electrons. The van der Waals surface area contributed by atoms with Crippen molar-refractivity contribution in [1.82, 2.24) is 10.8 Å². The number of nitrogens with one attached hydrogen (secondary N) is 2. The molecule has 1 aliphatic carbocycles. The van der Waals surface area contributed by atoms with Gasteiger partial charge in [-0.2, -0.15) is 0 Å². The minimum absolute atomic E-state index is 0.161. The van der Waals surface area contributed by atoms with E-state index in [0.29, 0.717) is 18.4 Å². The van der Waals surface area contributed by atoms with Gasteiger partial charge in [0.2, 0.25) is 0 Å². The van der Waals surface area contributed by atoms with Gasteiger partial charge in [0.25, 0.3) is 11.8 Å². The predicted octanol–water partition coefficient (Wildman–Crippen LogP) is 0.293. The van der Waals surface area contributed by atoms with E-state index < -0.39 is 29.0 Å². The molecule has 29 heavy (non-hydrogen) atoms. The fraction of sp³-hybridized carbons (Fsp3) is 0.524. The first-order valence-corrected chi connectivity index (χ1v) is 9.56. The normalized spacial score (nSPS) is 22.8. The van der Waals surface area contributed by atoms with Crippen molar-refractivity contribution in [3.05, 3.63) is 35.4 Å². The molecular weight excluding hydrogens is 374 g/mol. The van der Waals surface area contributed by atoms with Gasteiger partial charge in [-0.25, -0.2) is 5.48 Å². The molecule has 0 aromatic heterocycles. The number of rotatable bonds is 5. The van der Waals surface area contributed by atoms with E-state index in [2.05, 4.69) is 17.2 Å². The number of amides is 2. The third kappa shape index (κ3) is 6.27. The Hall–Kier alpha value is -2.44. The number of hydrogen-bond donors (Lipinski definition) is 6. The van der Waals surface area contributed by atoms with Crippen LogP contribution in [0.5, 0.6) is 0 Å². The molecule has 0 saturated heterocycles. The van der Waals surface area contributed by atoms with Crippen LogP contribution in [0.4, 0.5) is 0 Å². The zero-order chi connectivity index (χ0) is 21.7. The van der Waals surface area contributed by atoms with E-state index in [1.54, 1.807) is 38.1 Å². The molecule has 1 fully saturated rings. The highest BCUT2D eigenvalue weighted by atomic mass is 16.5. The highest BCUT2D eigenvalue weighted by Gasteiger charge is 2.33. The maximum atomic E-state index is 12.4. The van der Waals surface area contributed by atoms with Gasteiger partial charge >= 0.3 is 0 Å². The minimum atomic E-state index is -1.11. The molecule has 2 amide bonds. The van der Waals surface area contributed by atoms with Crippen molar-refractivity contribution >= 4 is 11.8 Å². The van der Waals surface area contributed by atoms with E-state index in [1.807, 2.05) is 0 Å². The van der Waals surface area contributed by atoms with Crippen LogP contribution in [0.1, 0.15) is 55.5 Å². The maximum Gasteiger partial charge on any atom is 0.267 e. The number of nitrogens with two attached hydrogens (primary N) is 1. The topological polar surface area (TPSA) is 145 Å². The highest BCUT2D eigenvalue weighted by Crippen LogP contribution is 2.31. The van der Waals surface area contributed by atoms with Crippen molar-refractivity contribution in [2.75, 3.05) is 6.61 Å². The van der Waals surface area contributed by atoms with Crippen LogP contribution in [-0.2, 0) is 4.79 Å². The summed E-state index contributed by atoms with van der Waals surface area (Å²) in [6.07, 6.45) is 2.52. The Balaban J connectivity index is 2.00. The van der Waals surface area contributed by atoms with Gasteiger partial charge in [-0.05, 0) is 63.8 Å². The number of carbonyl (C=O) groups excluding carboxylic acids is 2. The van der Waals surface area contributed by atoms with Crippen LogP contribution in [0, 0.1) is 17.8 Å². The van der Waals surface area contributed by atoms with Gasteiger partial charge < -0.3 is 21.3 Å². The second-order valence-corrected chi connectivity index (χ2v) is 8.21. The van der Waals surface area contributed by atoms with Crippen LogP contribution in [0.15, 0.2) is 24.3 Å². The molecule has 0 aliphatic heterocycles. The molecule has 7 N–H and O–H groups in total. The minimum Gasteiger partial charge on any atom is -0.393 e. The number of carbonyl (C=O) groups is 2. The predicted molar refractivity (Wildman–Crippen MR) is 107 cm³/mol. The van der Waals surface area contributed by atoms with Gasteiger partial charge in [-0.3, -0.25) is 14.8 Å². The van der Waals surface area contributed by atoms with Gasteiger partial charge in [0, 0.05) is 22.6 Å². The van der Waals surface area contributed by atoms with E-state index in [-0.39, 0.29) is 12.5 Å². The standard InChI is InChI=1S/C21H29N3O5/c1-20(2,22)17(19(27)24-29)23-18(26)16-7-5-14(6-8-16)3-4-15-9-11-21(28,13-25)12-10-15/h5-8,15,17,25,28-29H,9-13,22H2,1-2H3,(H,23,26)(H,24,27)/t15?,17-,21?/m1/s1. The first kappa shape index (κ1) is 22.8. The lowest BCUT2D eigenvalue weighted by atomic mass is 9.79. The highest BCUT2D eigenvalue weighted by molar-refractivity contribution is 5.97. The summed E-state index contributed by atoms with van der Waals surface area (Å²) in [5, 5.41) is 30.6. The van der Waals surface area contributed by atoms with Crippen LogP contribution in [0.25, 0.3) is 0 Å². The SMILES string of the molecule is CC(C)(N)[C@H](NC(=O)c1ccc(C#CC2CCC(O)(CO)CC2)cc1)C(=O)NO. The molecule has 0 bridgehead atoms. The van der Waals surface area contributed by atoms with Crippen molar-refractivity contribution in [3.63, 3.8) is 0 Å². The van der Waals surface area contributed by atoms with Gasteiger partial charge in [0.1, 0.15) is 6.04 Å². The van der Waals surface area contributed by atoms with Gasteiger partial charge in [-0.15, -0.1) is 0 Å². The molecule has 1 saturated carbocycles. The summed E-state index contributed by atoms with van der Waals surface area (Å²) in [6.45, 7) is 2.91. The van der Waals surface area contributed by atoms with Gasteiger partial charge in [-0.1, -0.05) is 11.8 Å². The zero-order valence-electron chi connectivity index (χ0n) is 16.7. The van der Waals surface area contributed by atoms with E-state index >= 15 is 0 Å². The third-order valence-electron chi connectivity index (χ3n) is 5.17. The quantitative estimate of drug-likeness (QED) is 0.237. The Morgan fingerprint density at radius 2 is 1.86 bits per heavy atom. The lowest BCUT2D eigenvalue weighted by Crippen LogP contribution is -2.61. The zero-order valence-corrected chi connectivity index (χ0v) is 16.7. The maximum absolute atomic E-state index is 12.4. The molecule has 0 radical (unpaired) electrons. The summed E-state index contributed by atoms with van der Waals surface area (Å²) in [7, 11) is 0. The molecule has 0 unspecified atom stereocenters. The molecule has 0 spiro atoms. The number of hydroxylamine groups is 1.